The molecule has 1 aliphatic rings. The molecule has 1 N–H and O–H groups in total. The summed E-state index contributed by atoms with van der Waals surface area (Å²) in [5, 5.41) is 3.58. The van der Waals surface area contributed by atoms with Gasteiger partial charge in [0.1, 0.15) is 5.75 Å². The monoisotopic (exact) mass is 362 g/mol. The highest BCUT2D eigenvalue weighted by Gasteiger charge is 2.21. The standard InChI is InChI=1S/C20H26N2O2.ClH/c1-16(17-7-6-10-19(13-17)23-2)21-14-20-15-22(11-12-24-20)18-8-4-3-5-9-18;/h3-10,13,16,20-21H,11-12,14-15H2,1-2H3;1H/t16-,20?;/m1./s1. The molecule has 3 rings (SSSR count). The van der Waals surface area contributed by atoms with Crippen LogP contribution in [0.4, 0.5) is 5.69 Å². The summed E-state index contributed by atoms with van der Waals surface area (Å²) in [7, 11) is 1.70. The third-order valence-electron chi connectivity index (χ3n) is 4.51. The first-order valence-electron chi connectivity index (χ1n) is 8.55. The van der Waals surface area contributed by atoms with Gasteiger partial charge in [0.05, 0.1) is 19.8 Å². The van der Waals surface area contributed by atoms with Crippen LogP contribution in [-0.2, 0) is 4.74 Å². The maximum Gasteiger partial charge on any atom is 0.119 e. The van der Waals surface area contributed by atoms with Crippen LogP contribution in [0.3, 0.4) is 0 Å². The third kappa shape index (κ3) is 5.36. The minimum atomic E-state index is 0. The lowest BCUT2D eigenvalue weighted by molar-refractivity contribution is 0.0394. The maximum absolute atomic E-state index is 5.93. The first-order chi connectivity index (χ1) is 11.8. The van der Waals surface area contributed by atoms with Crippen molar-refractivity contribution in [1.29, 1.82) is 0 Å². The first kappa shape index (κ1) is 19.6. The summed E-state index contributed by atoms with van der Waals surface area (Å²) in [5.74, 6) is 0.894. The number of ether oxygens (including phenoxy) is 2. The van der Waals surface area contributed by atoms with Crippen LogP contribution >= 0.6 is 12.4 Å². The highest BCUT2D eigenvalue weighted by molar-refractivity contribution is 5.85. The average molecular weight is 363 g/mol. The molecule has 1 aliphatic heterocycles. The molecule has 1 saturated heterocycles. The quantitative estimate of drug-likeness (QED) is 0.850. The molecule has 0 saturated carbocycles. The van der Waals surface area contributed by atoms with Crippen LogP contribution in [0.15, 0.2) is 54.6 Å². The van der Waals surface area contributed by atoms with Gasteiger partial charge in [0.15, 0.2) is 0 Å². The van der Waals surface area contributed by atoms with Crippen LogP contribution in [0, 0.1) is 0 Å². The number of hydrogen-bond acceptors (Lipinski definition) is 4. The van der Waals surface area contributed by atoms with Gasteiger partial charge in [0.2, 0.25) is 0 Å². The molecule has 5 heteroatoms. The minimum absolute atomic E-state index is 0. The van der Waals surface area contributed by atoms with Crippen LogP contribution in [-0.4, -0.2) is 39.5 Å². The third-order valence-corrected chi connectivity index (χ3v) is 4.51. The Bertz CT molecular complexity index is 639. The number of anilines is 1. The fraction of sp³-hybridized carbons (Fsp3) is 0.400. The Labute approximate surface area is 156 Å². The molecule has 0 spiro atoms. The fourth-order valence-electron chi connectivity index (χ4n) is 3.05. The van der Waals surface area contributed by atoms with E-state index in [2.05, 4.69) is 59.6 Å². The largest absolute Gasteiger partial charge is 0.497 e. The van der Waals surface area contributed by atoms with Gasteiger partial charge in [-0.15, -0.1) is 12.4 Å². The van der Waals surface area contributed by atoms with E-state index in [1.807, 2.05) is 12.1 Å². The van der Waals surface area contributed by atoms with Gasteiger partial charge in [-0.05, 0) is 36.8 Å². The van der Waals surface area contributed by atoms with Crippen LogP contribution in [0.1, 0.15) is 18.5 Å². The Hall–Kier alpha value is -1.75. The van der Waals surface area contributed by atoms with Gasteiger partial charge in [-0.25, -0.2) is 0 Å². The van der Waals surface area contributed by atoms with Crippen LogP contribution < -0.4 is 15.0 Å². The Morgan fingerprint density at radius 1 is 1.20 bits per heavy atom. The Morgan fingerprint density at radius 2 is 2.00 bits per heavy atom. The van der Waals surface area contributed by atoms with E-state index < -0.39 is 0 Å². The lowest BCUT2D eigenvalue weighted by Crippen LogP contribution is -2.47. The molecule has 0 amide bonds. The summed E-state index contributed by atoms with van der Waals surface area (Å²) in [6, 6.07) is 19.0. The Kier molecular flexibility index (Phi) is 7.56. The van der Waals surface area contributed by atoms with Gasteiger partial charge in [-0.1, -0.05) is 30.3 Å². The second-order valence-corrected chi connectivity index (χ2v) is 6.18. The summed E-state index contributed by atoms with van der Waals surface area (Å²) in [5.41, 5.74) is 2.50. The lowest BCUT2D eigenvalue weighted by atomic mass is 10.1. The highest BCUT2D eigenvalue weighted by atomic mass is 35.5. The van der Waals surface area contributed by atoms with E-state index in [0.29, 0.717) is 0 Å². The number of methoxy groups -OCH3 is 1. The van der Waals surface area contributed by atoms with E-state index in [1.165, 1.54) is 11.3 Å². The summed E-state index contributed by atoms with van der Waals surface area (Å²) in [6.45, 7) is 5.65. The van der Waals surface area contributed by atoms with Crippen molar-refractivity contribution in [2.24, 2.45) is 0 Å². The number of rotatable bonds is 6. The summed E-state index contributed by atoms with van der Waals surface area (Å²) in [6.07, 6.45) is 0.201. The highest BCUT2D eigenvalue weighted by Crippen LogP contribution is 2.20. The molecule has 0 bridgehead atoms. The number of morpholine rings is 1. The number of halogens is 1. The van der Waals surface area contributed by atoms with Crippen molar-refractivity contribution in [3.05, 3.63) is 60.2 Å². The molecule has 25 heavy (non-hydrogen) atoms. The predicted octanol–water partition coefficient (Wildman–Crippen LogP) is 3.67. The molecule has 1 unspecified atom stereocenters. The van der Waals surface area contributed by atoms with E-state index in [-0.39, 0.29) is 24.6 Å². The van der Waals surface area contributed by atoms with Crippen molar-refractivity contribution in [3.8, 4) is 5.75 Å². The number of hydrogen-bond donors (Lipinski definition) is 1. The summed E-state index contributed by atoms with van der Waals surface area (Å²) < 4.78 is 11.2. The van der Waals surface area contributed by atoms with Gasteiger partial charge in [-0.2, -0.15) is 0 Å². The summed E-state index contributed by atoms with van der Waals surface area (Å²) in [4.78, 5) is 2.39. The SMILES string of the molecule is COc1cccc([C@@H](C)NCC2CN(c3ccccc3)CCO2)c1.Cl. The average Bonchev–Trinajstić information content (AvgIpc) is 2.67. The zero-order valence-corrected chi connectivity index (χ0v) is 15.7. The number of para-hydroxylation sites is 1. The molecule has 0 aliphatic carbocycles. The van der Waals surface area contributed by atoms with Gasteiger partial charge in [0.25, 0.3) is 0 Å². The Morgan fingerprint density at radius 3 is 2.76 bits per heavy atom. The van der Waals surface area contributed by atoms with Crippen molar-refractivity contribution < 1.29 is 9.47 Å². The number of nitrogens with one attached hydrogen (secondary N) is 1. The second-order valence-electron chi connectivity index (χ2n) is 6.18. The molecule has 136 valence electrons. The second kappa shape index (κ2) is 9.66. The van der Waals surface area contributed by atoms with Gasteiger partial charge < -0.3 is 19.7 Å². The summed E-state index contributed by atoms with van der Waals surface area (Å²) >= 11 is 0. The molecule has 0 radical (unpaired) electrons. The Balaban J connectivity index is 0.00000225. The van der Waals surface area contributed by atoms with Crippen molar-refractivity contribution >= 4 is 18.1 Å². The van der Waals surface area contributed by atoms with Crippen molar-refractivity contribution in [2.75, 3.05) is 38.3 Å². The zero-order chi connectivity index (χ0) is 16.8. The van der Waals surface area contributed by atoms with E-state index in [1.54, 1.807) is 7.11 Å². The van der Waals surface area contributed by atoms with E-state index in [9.17, 15) is 0 Å². The number of nitrogens with zero attached hydrogens (tertiary/aromatic N) is 1. The van der Waals surface area contributed by atoms with Gasteiger partial charge in [-0.3, -0.25) is 0 Å². The number of benzene rings is 2. The van der Waals surface area contributed by atoms with E-state index >= 15 is 0 Å². The fourth-order valence-corrected chi connectivity index (χ4v) is 3.05. The molecule has 4 nitrogen and oxygen atoms in total. The van der Waals surface area contributed by atoms with Crippen LogP contribution in [0.2, 0.25) is 0 Å². The molecule has 2 aromatic rings. The molecule has 1 heterocycles. The van der Waals surface area contributed by atoms with Crippen molar-refractivity contribution in [2.45, 2.75) is 19.1 Å². The topological polar surface area (TPSA) is 33.7 Å². The first-order valence-corrected chi connectivity index (χ1v) is 8.55. The lowest BCUT2D eigenvalue weighted by Gasteiger charge is -2.35. The molecular formula is C20H27ClN2O2. The minimum Gasteiger partial charge on any atom is -0.497 e. The molecular weight excluding hydrogens is 336 g/mol. The molecule has 1 fully saturated rings. The maximum atomic E-state index is 5.93. The zero-order valence-electron chi connectivity index (χ0n) is 14.9. The van der Waals surface area contributed by atoms with E-state index in [0.717, 1.165) is 32.0 Å². The normalized spacial score (nSPS) is 18.3. The molecule has 2 atom stereocenters. The van der Waals surface area contributed by atoms with Gasteiger partial charge in [0, 0.05) is 31.4 Å². The van der Waals surface area contributed by atoms with Crippen molar-refractivity contribution in [1.82, 2.24) is 5.32 Å². The van der Waals surface area contributed by atoms with Gasteiger partial charge >= 0.3 is 0 Å². The molecule has 2 aromatic carbocycles. The van der Waals surface area contributed by atoms with E-state index in [4.69, 9.17) is 9.47 Å². The smallest absolute Gasteiger partial charge is 0.119 e. The molecule has 0 aromatic heterocycles. The van der Waals surface area contributed by atoms with Crippen molar-refractivity contribution in [3.63, 3.8) is 0 Å². The van der Waals surface area contributed by atoms with Crippen LogP contribution in [0.25, 0.3) is 0 Å². The van der Waals surface area contributed by atoms with Crippen LogP contribution in [0.5, 0.6) is 5.75 Å². The predicted molar refractivity (Wildman–Crippen MR) is 105 cm³/mol.